The van der Waals surface area contributed by atoms with Crippen molar-refractivity contribution in [1.29, 1.82) is 0 Å². The van der Waals surface area contributed by atoms with E-state index in [-0.39, 0.29) is 17.1 Å². The van der Waals surface area contributed by atoms with Crippen LogP contribution in [0.15, 0.2) is 42.5 Å². The Bertz CT molecular complexity index is 597. The van der Waals surface area contributed by atoms with Crippen LogP contribution in [0.25, 0.3) is 0 Å². The van der Waals surface area contributed by atoms with Gasteiger partial charge in [0.15, 0.2) is 0 Å². The SMILES string of the molecule is Nc1cccc(NC(=O)c2ccc(O)cc2O)c1. The molecule has 0 spiro atoms. The summed E-state index contributed by atoms with van der Waals surface area (Å²) in [6, 6.07) is 10.5. The quantitative estimate of drug-likeness (QED) is 0.607. The molecule has 0 aliphatic heterocycles. The number of nitrogens with one attached hydrogen (secondary N) is 1. The summed E-state index contributed by atoms with van der Waals surface area (Å²) in [5.74, 6) is -0.859. The van der Waals surface area contributed by atoms with E-state index >= 15 is 0 Å². The van der Waals surface area contributed by atoms with E-state index in [0.717, 1.165) is 6.07 Å². The molecule has 0 saturated carbocycles. The van der Waals surface area contributed by atoms with Gasteiger partial charge in [0.25, 0.3) is 5.91 Å². The Labute approximate surface area is 103 Å². The largest absolute Gasteiger partial charge is 0.508 e. The van der Waals surface area contributed by atoms with Gasteiger partial charge in [0, 0.05) is 17.4 Å². The fourth-order valence-corrected chi connectivity index (χ4v) is 1.53. The number of carbonyl (C=O) groups is 1. The van der Waals surface area contributed by atoms with Crippen LogP contribution < -0.4 is 11.1 Å². The molecule has 5 N–H and O–H groups in total. The standard InChI is InChI=1S/C13H12N2O3/c14-8-2-1-3-9(6-8)15-13(18)11-5-4-10(16)7-12(11)17/h1-7,16-17H,14H2,(H,15,18). The Morgan fingerprint density at radius 3 is 2.56 bits per heavy atom. The number of hydrogen-bond acceptors (Lipinski definition) is 4. The van der Waals surface area contributed by atoms with E-state index in [1.807, 2.05) is 0 Å². The summed E-state index contributed by atoms with van der Waals surface area (Å²) >= 11 is 0. The van der Waals surface area contributed by atoms with Crippen molar-refractivity contribution in [2.45, 2.75) is 0 Å². The molecule has 2 rings (SSSR count). The van der Waals surface area contributed by atoms with Crippen LogP contribution in [0.5, 0.6) is 11.5 Å². The zero-order valence-corrected chi connectivity index (χ0v) is 9.42. The summed E-state index contributed by atoms with van der Waals surface area (Å²) in [5.41, 5.74) is 6.73. The van der Waals surface area contributed by atoms with Crippen LogP contribution in [-0.2, 0) is 0 Å². The topological polar surface area (TPSA) is 95.6 Å². The van der Waals surface area contributed by atoms with Crippen LogP contribution in [0.1, 0.15) is 10.4 Å². The number of carbonyl (C=O) groups excluding carboxylic acids is 1. The number of phenols is 2. The molecule has 0 aliphatic carbocycles. The van der Waals surface area contributed by atoms with Crippen molar-refractivity contribution in [3.05, 3.63) is 48.0 Å². The van der Waals surface area contributed by atoms with Crippen molar-refractivity contribution in [2.24, 2.45) is 0 Å². The van der Waals surface area contributed by atoms with Crippen molar-refractivity contribution >= 4 is 17.3 Å². The van der Waals surface area contributed by atoms with Crippen LogP contribution in [0.2, 0.25) is 0 Å². The molecule has 2 aromatic rings. The number of hydrogen-bond donors (Lipinski definition) is 4. The van der Waals surface area contributed by atoms with Gasteiger partial charge < -0.3 is 21.3 Å². The van der Waals surface area contributed by atoms with Crippen molar-refractivity contribution in [3.63, 3.8) is 0 Å². The summed E-state index contributed by atoms with van der Waals surface area (Å²) in [7, 11) is 0. The van der Waals surface area contributed by atoms with Crippen LogP contribution in [0, 0.1) is 0 Å². The molecule has 92 valence electrons. The minimum Gasteiger partial charge on any atom is -0.508 e. The highest BCUT2D eigenvalue weighted by molar-refractivity contribution is 6.06. The van der Waals surface area contributed by atoms with Crippen molar-refractivity contribution in [3.8, 4) is 11.5 Å². The maximum absolute atomic E-state index is 11.9. The Hall–Kier alpha value is -2.69. The fourth-order valence-electron chi connectivity index (χ4n) is 1.53. The van der Waals surface area contributed by atoms with Gasteiger partial charge in [-0.15, -0.1) is 0 Å². The molecule has 0 saturated heterocycles. The summed E-state index contributed by atoms with van der Waals surface area (Å²) in [4.78, 5) is 11.9. The second kappa shape index (κ2) is 4.67. The molecular formula is C13H12N2O3. The first-order valence-electron chi connectivity index (χ1n) is 5.25. The zero-order chi connectivity index (χ0) is 13.1. The number of rotatable bonds is 2. The Balaban J connectivity index is 2.22. The van der Waals surface area contributed by atoms with Gasteiger partial charge in [-0.25, -0.2) is 0 Å². The molecule has 0 aromatic heterocycles. The van der Waals surface area contributed by atoms with Gasteiger partial charge in [0.05, 0.1) is 5.56 Å². The van der Waals surface area contributed by atoms with Crippen LogP contribution in [0.4, 0.5) is 11.4 Å². The predicted octanol–water partition coefficient (Wildman–Crippen LogP) is 1.93. The Kier molecular flexibility index (Phi) is 3.05. The number of nitrogen functional groups attached to an aromatic ring is 1. The van der Waals surface area contributed by atoms with E-state index in [4.69, 9.17) is 10.8 Å². The number of amides is 1. The van der Waals surface area contributed by atoms with E-state index < -0.39 is 5.91 Å². The lowest BCUT2D eigenvalue weighted by molar-refractivity contribution is 0.102. The number of aromatic hydroxyl groups is 2. The van der Waals surface area contributed by atoms with Crippen molar-refractivity contribution < 1.29 is 15.0 Å². The average molecular weight is 244 g/mol. The van der Waals surface area contributed by atoms with Gasteiger partial charge in [-0.05, 0) is 30.3 Å². The summed E-state index contributed by atoms with van der Waals surface area (Å²) < 4.78 is 0. The Morgan fingerprint density at radius 2 is 1.89 bits per heavy atom. The van der Waals surface area contributed by atoms with Crippen LogP contribution in [-0.4, -0.2) is 16.1 Å². The Morgan fingerprint density at radius 1 is 1.11 bits per heavy atom. The highest BCUT2D eigenvalue weighted by atomic mass is 16.3. The molecule has 0 bridgehead atoms. The lowest BCUT2D eigenvalue weighted by Gasteiger charge is -2.07. The van der Waals surface area contributed by atoms with Gasteiger partial charge >= 0.3 is 0 Å². The molecule has 18 heavy (non-hydrogen) atoms. The van der Waals surface area contributed by atoms with Crippen molar-refractivity contribution in [2.75, 3.05) is 11.1 Å². The first kappa shape index (κ1) is 11.8. The second-order valence-electron chi connectivity index (χ2n) is 3.78. The summed E-state index contributed by atoms with van der Waals surface area (Å²) in [6.45, 7) is 0. The monoisotopic (exact) mass is 244 g/mol. The fraction of sp³-hybridized carbons (Fsp3) is 0. The zero-order valence-electron chi connectivity index (χ0n) is 9.42. The van der Waals surface area contributed by atoms with Gasteiger partial charge in [0.1, 0.15) is 11.5 Å². The van der Waals surface area contributed by atoms with Gasteiger partial charge in [-0.2, -0.15) is 0 Å². The van der Waals surface area contributed by atoms with Gasteiger partial charge in [0.2, 0.25) is 0 Å². The molecule has 0 unspecified atom stereocenters. The minimum atomic E-state index is -0.474. The lowest BCUT2D eigenvalue weighted by atomic mass is 10.1. The number of nitrogens with two attached hydrogens (primary N) is 1. The lowest BCUT2D eigenvalue weighted by Crippen LogP contribution is -2.12. The highest BCUT2D eigenvalue weighted by Crippen LogP contribution is 2.23. The molecule has 5 heteroatoms. The maximum atomic E-state index is 11.9. The number of phenolic OH excluding ortho intramolecular Hbond substituents is 2. The molecule has 0 aliphatic rings. The van der Waals surface area contributed by atoms with E-state index in [1.165, 1.54) is 12.1 Å². The first-order valence-corrected chi connectivity index (χ1v) is 5.25. The molecule has 5 nitrogen and oxygen atoms in total. The molecule has 2 aromatic carbocycles. The van der Waals surface area contributed by atoms with Gasteiger partial charge in [-0.1, -0.05) is 6.07 Å². The van der Waals surface area contributed by atoms with E-state index in [2.05, 4.69) is 5.32 Å². The predicted molar refractivity (Wildman–Crippen MR) is 68.6 cm³/mol. The minimum absolute atomic E-state index is 0.0789. The molecular weight excluding hydrogens is 232 g/mol. The van der Waals surface area contributed by atoms with Crippen LogP contribution in [0.3, 0.4) is 0 Å². The second-order valence-corrected chi connectivity index (χ2v) is 3.78. The van der Waals surface area contributed by atoms with E-state index in [0.29, 0.717) is 11.4 Å². The average Bonchev–Trinajstić information content (AvgIpc) is 2.28. The summed E-state index contributed by atoms with van der Waals surface area (Å²) in [5, 5.41) is 21.3. The first-order chi connectivity index (χ1) is 8.56. The molecule has 1 amide bonds. The molecule has 0 heterocycles. The smallest absolute Gasteiger partial charge is 0.259 e. The third-order valence-electron chi connectivity index (χ3n) is 2.37. The van der Waals surface area contributed by atoms with Crippen molar-refractivity contribution in [1.82, 2.24) is 0 Å². The van der Waals surface area contributed by atoms with Gasteiger partial charge in [-0.3, -0.25) is 4.79 Å². The third-order valence-corrected chi connectivity index (χ3v) is 2.37. The molecule has 0 radical (unpaired) electrons. The third kappa shape index (κ3) is 2.52. The molecule has 0 atom stereocenters. The van der Waals surface area contributed by atoms with E-state index in [1.54, 1.807) is 24.3 Å². The summed E-state index contributed by atoms with van der Waals surface area (Å²) in [6.07, 6.45) is 0. The maximum Gasteiger partial charge on any atom is 0.259 e. The van der Waals surface area contributed by atoms with E-state index in [9.17, 15) is 9.90 Å². The number of benzene rings is 2. The van der Waals surface area contributed by atoms with Crippen LogP contribution >= 0.6 is 0 Å². The normalized spacial score (nSPS) is 10.0. The number of anilines is 2. The molecule has 0 fully saturated rings. The highest BCUT2D eigenvalue weighted by Gasteiger charge is 2.11.